The molecule has 0 aromatic heterocycles. The Morgan fingerprint density at radius 2 is 1.68 bits per heavy atom. The van der Waals surface area contributed by atoms with Crippen molar-refractivity contribution in [2.45, 2.75) is 77.8 Å². The van der Waals surface area contributed by atoms with Crippen molar-refractivity contribution in [3.05, 3.63) is 65.7 Å². The molecule has 0 bridgehead atoms. The van der Waals surface area contributed by atoms with Crippen LogP contribution in [0.4, 0.5) is 0 Å². The van der Waals surface area contributed by atoms with Gasteiger partial charge in [0.05, 0.1) is 18.1 Å². The molecule has 5 heteroatoms. The fourth-order valence-corrected chi connectivity index (χ4v) is 9.31. The van der Waals surface area contributed by atoms with Gasteiger partial charge in [-0.15, -0.1) is 0 Å². The molecular weight excluding hydrogens is 438 g/mol. The number of ether oxygens (including phenoxy) is 1. The Morgan fingerprint density at radius 1 is 1.03 bits per heavy atom. The smallest absolute Gasteiger partial charge is 0.330 e. The highest BCUT2D eigenvalue weighted by Gasteiger charge is 2.46. The van der Waals surface area contributed by atoms with Gasteiger partial charge in [0.15, 0.2) is 0 Å². The standard InChI is InChI=1S/C29H39NO3Si/c1-8-29(9-2,21-30)25-14-12-16-27(20-25)34(22(4)5,23(6)7)33-26-15-11-13-24(19-26)17-18-28(31)32-10-3/h11-20,22-23H,8-10H2,1-7H3/b18-17+. The lowest BCUT2D eigenvalue weighted by Crippen LogP contribution is -2.58. The van der Waals surface area contributed by atoms with E-state index in [2.05, 4.69) is 71.9 Å². The molecule has 0 saturated heterocycles. The number of benzene rings is 2. The topological polar surface area (TPSA) is 59.3 Å². The number of hydrogen-bond donors (Lipinski definition) is 0. The summed E-state index contributed by atoms with van der Waals surface area (Å²) in [5.41, 5.74) is 2.09. The van der Waals surface area contributed by atoms with Crippen LogP contribution in [0.2, 0.25) is 11.1 Å². The summed E-state index contributed by atoms with van der Waals surface area (Å²) in [6.07, 6.45) is 4.75. The van der Waals surface area contributed by atoms with Crippen molar-refractivity contribution < 1.29 is 14.0 Å². The van der Waals surface area contributed by atoms with Crippen LogP contribution in [-0.2, 0) is 14.9 Å². The van der Waals surface area contributed by atoms with Gasteiger partial charge in [-0.05, 0) is 65.4 Å². The summed E-state index contributed by atoms with van der Waals surface area (Å²) in [6.45, 7) is 15.3. The molecule has 0 aliphatic heterocycles. The molecular formula is C29H39NO3Si. The lowest BCUT2D eigenvalue weighted by molar-refractivity contribution is -0.137. The zero-order valence-corrected chi connectivity index (χ0v) is 22.7. The zero-order chi connectivity index (χ0) is 25.4. The van der Waals surface area contributed by atoms with E-state index >= 15 is 0 Å². The van der Waals surface area contributed by atoms with E-state index in [1.54, 1.807) is 13.0 Å². The van der Waals surface area contributed by atoms with Gasteiger partial charge in [0.1, 0.15) is 5.75 Å². The van der Waals surface area contributed by atoms with Crippen molar-refractivity contribution in [2.75, 3.05) is 6.61 Å². The first-order chi connectivity index (χ1) is 16.2. The molecule has 2 aromatic carbocycles. The highest BCUT2D eigenvalue weighted by atomic mass is 28.4. The Labute approximate surface area is 206 Å². The van der Waals surface area contributed by atoms with Crippen LogP contribution < -0.4 is 9.61 Å². The number of esters is 1. The first kappa shape index (κ1) is 27.4. The van der Waals surface area contributed by atoms with Gasteiger partial charge in [-0.2, -0.15) is 5.26 Å². The van der Waals surface area contributed by atoms with Gasteiger partial charge >= 0.3 is 5.97 Å². The first-order valence-electron chi connectivity index (χ1n) is 12.3. The van der Waals surface area contributed by atoms with E-state index in [1.807, 2.05) is 24.3 Å². The van der Waals surface area contributed by atoms with Crippen molar-refractivity contribution in [1.29, 1.82) is 5.26 Å². The van der Waals surface area contributed by atoms with Crippen LogP contribution >= 0.6 is 0 Å². The van der Waals surface area contributed by atoms with E-state index in [0.717, 1.165) is 29.7 Å². The fourth-order valence-electron chi connectivity index (χ4n) is 4.80. The molecule has 0 saturated carbocycles. The molecule has 0 heterocycles. The average molecular weight is 478 g/mol. The normalized spacial score (nSPS) is 12.2. The summed E-state index contributed by atoms with van der Waals surface area (Å²) in [4.78, 5) is 11.7. The molecule has 2 aromatic rings. The first-order valence-corrected chi connectivity index (χ1v) is 14.4. The van der Waals surface area contributed by atoms with Gasteiger partial charge in [-0.25, -0.2) is 4.79 Å². The second-order valence-corrected chi connectivity index (χ2v) is 14.0. The predicted octanol–water partition coefficient (Wildman–Crippen LogP) is 6.90. The number of carbonyl (C=O) groups is 1. The lowest BCUT2D eigenvalue weighted by Gasteiger charge is -2.40. The molecule has 0 unspecified atom stereocenters. The van der Waals surface area contributed by atoms with Gasteiger partial charge < -0.3 is 9.16 Å². The third-order valence-corrected chi connectivity index (χ3v) is 12.1. The van der Waals surface area contributed by atoms with Crippen molar-refractivity contribution in [1.82, 2.24) is 0 Å². The van der Waals surface area contributed by atoms with Gasteiger partial charge in [-0.3, -0.25) is 0 Å². The van der Waals surface area contributed by atoms with E-state index < -0.39 is 13.7 Å². The third kappa shape index (κ3) is 5.80. The highest BCUT2D eigenvalue weighted by Crippen LogP contribution is 2.37. The third-order valence-electron chi connectivity index (χ3n) is 6.85. The van der Waals surface area contributed by atoms with E-state index in [-0.39, 0.29) is 5.97 Å². The number of hydrogen-bond acceptors (Lipinski definition) is 4. The Balaban J connectivity index is 2.55. The minimum absolute atomic E-state index is 0.307. The van der Waals surface area contributed by atoms with Gasteiger partial charge in [0.2, 0.25) is 0 Å². The van der Waals surface area contributed by atoms with Crippen molar-refractivity contribution >= 4 is 25.5 Å². The van der Waals surface area contributed by atoms with E-state index in [1.165, 1.54) is 11.3 Å². The van der Waals surface area contributed by atoms with Crippen molar-refractivity contribution in [2.24, 2.45) is 0 Å². The highest BCUT2D eigenvalue weighted by molar-refractivity contribution is 6.89. The van der Waals surface area contributed by atoms with Crippen molar-refractivity contribution in [3.8, 4) is 11.8 Å². The van der Waals surface area contributed by atoms with Crippen LogP contribution in [0.5, 0.6) is 5.75 Å². The zero-order valence-electron chi connectivity index (χ0n) is 21.7. The van der Waals surface area contributed by atoms with E-state index in [4.69, 9.17) is 9.16 Å². The quantitative estimate of drug-likeness (QED) is 0.201. The molecule has 2 rings (SSSR count). The second-order valence-electron chi connectivity index (χ2n) is 9.34. The summed E-state index contributed by atoms with van der Waals surface area (Å²) in [6, 6.07) is 19.0. The average Bonchev–Trinajstić information content (AvgIpc) is 2.83. The molecule has 0 aliphatic carbocycles. The molecule has 34 heavy (non-hydrogen) atoms. The van der Waals surface area contributed by atoms with Crippen LogP contribution in [0.3, 0.4) is 0 Å². The Bertz CT molecular complexity index is 1020. The molecule has 0 spiro atoms. The SMILES string of the molecule is CCOC(=O)/C=C/c1cccc(O[Si](c2cccc(C(C#N)(CC)CC)c2)(C(C)C)C(C)C)c1. The Kier molecular flexibility index (Phi) is 9.70. The van der Waals surface area contributed by atoms with Crippen LogP contribution in [-0.4, -0.2) is 20.9 Å². The second kappa shape index (κ2) is 12.0. The maximum absolute atomic E-state index is 11.7. The summed E-state index contributed by atoms with van der Waals surface area (Å²) < 4.78 is 12.0. The van der Waals surface area contributed by atoms with Crippen LogP contribution in [0.1, 0.15) is 72.4 Å². The molecule has 182 valence electrons. The monoisotopic (exact) mass is 477 g/mol. The summed E-state index contributed by atoms with van der Waals surface area (Å²) in [7, 11) is -2.52. The molecule has 0 amide bonds. The van der Waals surface area contributed by atoms with Crippen LogP contribution in [0, 0.1) is 11.3 Å². The van der Waals surface area contributed by atoms with Crippen molar-refractivity contribution in [3.63, 3.8) is 0 Å². The fraction of sp³-hybridized carbons (Fsp3) is 0.448. The minimum Gasteiger partial charge on any atom is -0.538 e. The van der Waals surface area contributed by atoms with Crippen LogP contribution in [0.15, 0.2) is 54.6 Å². The molecule has 0 fully saturated rings. The largest absolute Gasteiger partial charge is 0.538 e. The summed E-state index contributed by atoms with van der Waals surface area (Å²) >= 11 is 0. The molecule has 0 radical (unpaired) electrons. The lowest BCUT2D eigenvalue weighted by atomic mass is 9.77. The van der Waals surface area contributed by atoms with Gasteiger partial charge in [0, 0.05) is 6.08 Å². The molecule has 0 aliphatic rings. The molecule has 0 N–H and O–H groups in total. The molecule has 4 nitrogen and oxygen atoms in total. The van der Waals surface area contributed by atoms with Gasteiger partial charge in [-0.1, -0.05) is 77.9 Å². The maximum Gasteiger partial charge on any atom is 0.330 e. The Hall–Kier alpha value is -2.84. The molecule has 0 atom stereocenters. The number of rotatable bonds is 11. The van der Waals surface area contributed by atoms with Gasteiger partial charge in [0.25, 0.3) is 8.32 Å². The van der Waals surface area contributed by atoms with E-state index in [0.29, 0.717) is 17.7 Å². The summed E-state index contributed by atoms with van der Waals surface area (Å²) in [5, 5.41) is 11.2. The maximum atomic E-state index is 11.7. The Morgan fingerprint density at radius 3 is 2.24 bits per heavy atom. The number of carbonyl (C=O) groups excluding carboxylic acids is 1. The summed E-state index contributed by atoms with van der Waals surface area (Å²) in [5.74, 6) is 0.439. The predicted molar refractivity (Wildman–Crippen MR) is 143 cm³/mol. The number of nitriles is 1. The van der Waals surface area contributed by atoms with Crippen LogP contribution in [0.25, 0.3) is 6.08 Å². The minimum atomic E-state index is -2.52. The number of nitrogens with zero attached hydrogens (tertiary/aromatic N) is 1. The van der Waals surface area contributed by atoms with E-state index in [9.17, 15) is 10.1 Å².